The van der Waals surface area contributed by atoms with Crippen molar-refractivity contribution in [2.24, 2.45) is 5.92 Å². The highest BCUT2D eigenvalue weighted by atomic mass is 28.3. The van der Waals surface area contributed by atoms with Crippen LogP contribution >= 0.6 is 0 Å². The molecular weight excluding hydrogens is 146 g/mol. The van der Waals surface area contributed by atoms with E-state index in [0.717, 1.165) is 19.1 Å². The van der Waals surface area contributed by atoms with E-state index in [0.29, 0.717) is 0 Å². The van der Waals surface area contributed by atoms with Crippen LogP contribution in [0.3, 0.4) is 0 Å². The quantitative estimate of drug-likeness (QED) is 0.547. The smallest absolute Gasteiger partial charge is 0.326 e. The average Bonchev–Trinajstić information content (AvgIpc) is 1.87. The predicted octanol–water partition coefficient (Wildman–Crippen LogP) is -0.0471. The molecule has 4 heteroatoms. The van der Waals surface area contributed by atoms with E-state index < -0.39 is 10.0 Å². The summed E-state index contributed by atoms with van der Waals surface area (Å²) in [6.07, 6.45) is 2.39. The molecular formula is C6H15NO2Si. The Bertz CT molecular complexity index is 83.8. The standard InChI is InChI=1S/C6H15NO2Si/c1-2-6-3-4-8-10-9-7-5-6/h6-7H,2-5,10H2,1H3. The van der Waals surface area contributed by atoms with Gasteiger partial charge in [0.05, 0.1) is 0 Å². The Hall–Kier alpha value is 0.0969. The largest absolute Gasteiger partial charge is 0.398 e. The SMILES string of the molecule is CCC1CCO[SiH2]ONC1. The van der Waals surface area contributed by atoms with Crippen LogP contribution in [0.2, 0.25) is 0 Å². The Labute approximate surface area is 64.1 Å². The monoisotopic (exact) mass is 161 g/mol. The van der Waals surface area contributed by atoms with Crippen molar-refractivity contribution >= 4 is 10.0 Å². The van der Waals surface area contributed by atoms with Crippen molar-refractivity contribution in [2.45, 2.75) is 19.8 Å². The van der Waals surface area contributed by atoms with Crippen molar-refractivity contribution in [3.05, 3.63) is 0 Å². The zero-order valence-corrected chi connectivity index (χ0v) is 7.84. The topological polar surface area (TPSA) is 30.5 Å². The van der Waals surface area contributed by atoms with Gasteiger partial charge >= 0.3 is 10.0 Å². The molecule has 0 aromatic carbocycles. The Kier molecular flexibility index (Phi) is 3.97. The highest BCUT2D eigenvalue weighted by molar-refractivity contribution is 6.17. The molecule has 3 nitrogen and oxygen atoms in total. The number of rotatable bonds is 1. The summed E-state index contributed by atoms with van der Waals surface area (Å²) in [4.78, 5) is 0. The first-order valence-corrected chi connectivity index (χ1v) is 5.01. The van der Waals surface area contributed by atoms with Crippen LogP contribution in [0.15, 0.2) is 0 Å². The van der Waals surface area contributed by atoms with Gasteiger partial charge in [0.15, 0.2) is 0 Å². The van der Waals surface area contributed by atoms with E-state index in [1.807, 2.05) is 0 Å². The zero-order valence-electron chi connectivity index (χ0n) is 6.43. The average molecular weight is 161 g/mol. The van der Waals surface area contributed by atoms with E-state index in [-0.39, 0.29) is 0 Å². The van der Waals surface area contributed by atoms with Gasteiger partial charge < -0.3 is 8.95 Å². The van der Waals surface area contributed by atoms with Gasteiger partial charge in [-0.05, 0) is 12.3 Å². The maximum absolute atomic E-state index is 5.26. The first-order valence-electron chi connectivity index (χ1n) is 3.86. The molecule has 1 aliphatic rings. The fourth-order valence-corrected chi connectivity index (χ4v) is 1.59. The lowest BCUT2D eigenvalue weighted by atomic mass is 10.0. The highest BCUT2D eigenvalue weighted by Crippen LogP contribution is 2.07. The Morgan fingerprint density at radius 3 is 3.40 bits per heavy atom. The predicted molar refractivity (Wildman–Crippen MR) is 42.0 cm³/mol. The summed E-state index contributed by atoms with van der Waals surface area (Å²) in [6.45, 7) is 4.09. The molecule has 0 aliphatic carbocycles. The van der Waals surface area contributed by atoms with Gasteiger partial charge in [0, 0.05) is 13.2 Å². The summed E-state index contributed by atoms with van der Waals surface area (Å²) < 4.78 is 10.3. The third kappa shape index (κ3) is 2.79. The lowest BCUT2D eigenvalue weighted by molar-refractivity contribution is 0.103. The van der Waals surface area contributed by atoms with Gasteiger partial charge in [-0.2, -0.15) is 0 Å². The van der Waals surface area contributed by atoms with Crippen LogP contribution in [0.4, 0.5) is 0 Å². The van der Waals surface area contributed by atoms with Crippen molar-refractivity contribution in [1.82, 2.24) is 5.48 Å². The molecule has 1 atom stereocenters. The van der Waals surface area contributed by atoms with Gasteiger partial charge in [0.2, 0.25) is 0 Å². The Morgan fingerprint density at radius 2 is 2.60 bits per heavy atom. The van der Waals surface area contributed by atoms with E-state index in [1.165, 1.54) is 12.8 Å². The first kappa shape index (κ1) is 8.20. The maximum atomic E-state index is 5.26. The first-order chi connectivity index (χ1) is 4.93. The minimum Gasteiger partial charge on any atom is -0.398 e. The molecule has 0 bridgehead atoms. The number of hydrogen-bond acceptors (Lipinski definition) is 3. The van der Waals surface area contributed by atoms with Crippen LogP contribution < -0.4 is 5.48 Å². The molecule has 1 N–H and O–H groups in total. The Morgan fingerprint density at radius 1 is 1.70 bits per heavy atom. The van der Waals surface area contributed by atoms with E-state index >= 15 is 0 Å². The maximum Gasteiger partial charge on any atom is 0.326 e. The van der Waals surface area contributed by atoms with E-state index in [1.54, 1.807) is 0 Å². The summed E-state index contributed by atoms with van der Waals surface area (Å²) in [7, 11) is -0.690. The van der Waals surface area contributed by atoms with Crippen LogP contribution in [0, 0.1) is 5.92 Å². The fourth-order valence-electron chi connectivity index (χ4n) is 1.02. The second kappa shape index (κ2) is 4.84. The lowest BCUT2D eigenvalue weighted by Gasteiger charge is -2.18. The molecule has 0 spiro atoms. The normalized spacial score (nSPS) is 31.5. The minimum absolute atomic E-state index is 0.690. The van der Waals surface area contributed by atoms with Crippen molar-refractivity contribution < 1.29 is 8.95 Å². The summed E-state index contributed by atoms with van der Waals surface area (Å²) in [6, 6.07) is 0. The van der Waals surface area contributed by atoms with Gasteiger partial charge in [0.1, 0.15) is 0 Å². The van der Waals surface area contributed by atoms with Crippen LogP contribution in [0.5, 0.6) is 0 Å². The third-order valence-electron chi connectivity index (χ3n) is 1.86. The van der Waals surface area contributed by atoms with Gasteiger partial charge in [-0.25, -0.2) is 5.48 Å². The van der Waals surface area contributed by atoms with Crippen molar-refractivity contribution in [3.63, 3.8) is 0 Å². The molecule has 10 heavy (non-hydrogen) atoms. The third-order valence-corrected chi connectivity index (χ3v) is 2.64. The summed E-state index contributed by atoms with van der Waals surface area (Å²) >= 11 is 0. The second-order valence-electron chi connectivity index (χ2n) is 2.58. The molecule has 0 radical (unpaired) electrons. The molecule has 1 heterocycles. The molecule has 60 valence electrons. The fraction of sp³-hybridized carbons (Fsp3) is 1.00. The van der Waals surface area contributed by atoms with Gasteiger partial charge in [-0.1, -0.05) is 13.3 Å². The summed E-state index contributed by atoms with van der Waals surface area (Å²) in [5, 5.41) is 0. The summed E-state index contributed by atoms with van der Waals surface area (Å²) in [5.41, 5.74) is 2.92. The molecule has 1 unspecified atom stereocenters. The molecule has 1 saturated heterocycles. The van der Waals surface area contributed by atoms with Crippen LogP contribution in [0.1, 0.15) is 19.8 Å². The molecule has 1 fully saturated rings. The van der Waals surface area contributed by atoms with E-state index in [4.69, 9.17) is 8.95 Å². The highest BCUT2D eigenvalue weighted by Gasteiger charge is 2.08. The molecule has 0 aromatic heterocycles. The molecule has 0 saturated carbocycles. The lowest BCUT2D eigenvalue weighted by Crippen LogP contribution is -2.29. The van der Waals surface area contributed by atoms with Crippen molar-refractivity contribution in [2.75, 3.05) is 13.2 Å². The Balaban J connectivity index is 2.16. The molecule has 1 rings (SSSR count). The van der Waals surface area contributed by atoms with Gasteiger partial charge in [-0.3, -0.25) is 0 Å². The van der Waals surface area contributed by atoms with E-state index in [2.05, 4.69) is 12.4 Å². The molecule has 0 aromatic rings. The van der Waals surface area contributed by atoms with Crippen molar-refractivity contribution in [1.29, 1.82) is 0 Å². The number of hydrogen-bond donors (Lipinski definition) is 1. The number of nitrogens with one attached hydrogen (secondary N) is 1. The van der Waals surface area contributed by atoms with E-state index in [9.17, 15) is 0 Å². The minimum atomic E-state index is -0.690. The van der Waals surface area contributed by atoms with Crippen LogP contribution in [0.25, 0.3) is 0 Å². The second-order valence-corrected chi connectivity index (χ2v) is 3.51. The molecule has 1 aliphatic heterocycles. The molecule has 0 amide bonds. The van der Waals surface area contributed by atoms with Gasteiger partial charge in [0.25, 0.3) is 0 Å². The summed E-state index contributed by atoms with van der Waals surface area (Å²) in [5.74, 6) is 0.731. The number of hydroxylamine groups is 1. The van der Waals surface area contributed by atoms with Crippen molar-refractivity contribution in [3.8, 4) is 0 Å². The zero-order chi connectivity index (χ0) is 7.23. The van der Waals surface area contributed by atoms with Crippen LogP contribution in [-0.2, 0) is 8.95 Å². The van der Waals surface area contributed by atoms with Gasteiger partial charge in [-0.15, -0.1) is 0 Å². The van der Waals surface area contributed by atoms with Crippen LogP contribution in [-0.4, -0.2) is 23.2 Å².